The van der Waals surface area contributed by atoms with Crippen LogP contribution in [0.5, 0.6) is 0 Å². The summed E-state index contributed by atoms with van der Waals surface area (Å²) in [4.78, 5) is 0. The van der Waals surface area contributed by atoms with Crippen LogP contribution in [0, 0.1) is 0 Å². The quantitative estimate of drug-likeness (QED) is 0.746. The van der Waals surface area contributed by atoms with Crippen molar-refractivity contribution in [1.82, 2.24) is 0 Å². The van der Waals surface area contributed by atoms with Crippen LogP contribution >= 0.6 is 0 Å². The van der Waals surface area contributed by atoms with Crippen LogP contribution in [0.1, 0.15) is 36.8 Å². The van der Waals surface area contributed by atoms with Crippen molar-refractivity contribution >= 4 is 0 Å². The Morgan fingerprint density at radius 3 is 3.00 bits per heavy atom. The lowest BCUT2D eigenvalue weighted by Gasteiger charge is -2.34. The molecule has 1 unspecified atom stereocenters. The first-order chi connectivity index (χ1) is 7.26. The van der Waals surface area contributed by atoms with Gasteiger partial charge in [-0.2, -0.15) is 0 Å². The minimum Gasteiger partial charge on any atom is -0.385 e. The normalized spacial score (nSPS) is 24.6. The summed E-state index contributed by atoms with van der Waals surface area (Å²) in [6, 6.07) is 8.27. The summed E-state index contributed by atoms with van der Waals surface area (Å²) < 4.78 is 0. The molecule has 1 heteroatoms. The van der Waals surface area contributed by atoms with Gasteiger partial charge in [-0.1, -0.05) is 30.3 Å². The summed E-state index contributed by atoms with van der Waals surface area (Å²) >= 11 is 0. The third-order valence-corrected chi connectivity index (χ3v) is 3.32. The average molecular weight is 202 g/mol. The van der Waals surface area contributed by atoms with E-state index in [1.54, 1.807) is 0 Å². The van der Waals surface area contributed by atoms with E-state index in [2.05, 4.69) is 24.8 Å². The van der Waals surface area contributed by atoms with Crippen molar-refractivity contribution in [3.63, 3.8) is 0 Å². The fourth-order valence-electron chi connectivity index (χ4n) is 2.50. The van der Waals surface area contributed by atoms with Crippen LogP contribution in [0.3, 0.4) is 0 Å². The standard InChI is InChI=1S/C14H18O/c1-2-3-10-14(15)11-6-8-12-7-4-5-9-13(12)14/h2,4-5,7,9,15H,1,3,6,8,10-11H2. The highest BCUT2D eigenvalue weighted by molar-refractivity contribution is 5.34. The first-order valence-corrected chi connectivity index (χ1v) is 5.68. The molecular formula is C14H18O. The number of benzene rings is 1. The monoisotopic (exact) mass is 202 g/mol. The molecule has 2 rings (SSSR count). The molecule has 0 aliphatic heterocycles. The minimum atomic E-state index is -0.608. The first-order valence-electron chi connectivity index (χ1n) is 5.68. The van der Waals surface area contributed by atoms with Gasteiger partial charge in [-0.05, 0) is 43.2 Å². The molecule has 0 bridgehead atoms. The second kappa shape index (κ2) is 4.19. The van der Waals surface area contributed by atoms with Crippen molar-refractivity contribution in [2.24, 2.45) is 0 Å². The fraction of sp³-hybridized carbons (Fsp3) is 0.429. The Morgan fingerprint density at radius 2 is 2.20 bits per heavy atom. The van der Waals surface area contributed by atoms with Gasteiger partial charge in [0.05, 0.1) is 5.60 Å². The Hall–Kier alpha value is -1.08. The van der Waals surface area contributed by atoms with E-state index in [-0.39, 0.29) is 0 Å². The van der Waals surface area contributed by atoms with Gasteiger partial charge in [0, 0.05) is 0 Å². The smallest absolute Gasteiger partial charge is 0.0902 e. The third-order valence-electron chi connectivity index (χ3n) is 3.32. The van der Waals surface area contributed by atoms with Crippen LogP contribution in [0.25, 0.3) is 0 Å². The summed E-state index contributed by atoms with van der Waals surface area (Å²) in [6.07, 6.45) is 6.64. The maximum atomic E-state index is 10.6. The summed E-state index contributed by atoms with van der Waals surface area (Å²) in [5.41, 5.74) is 1.84. The van der Waals surface area contributed by atoms with Crippen LogP contribution in [-0.2, 0) is 12.0 Å². The molecule has 0 radical (unpaired) electrons. The van der Waals surface area contributed by atoms with Crippen molar-refractivity contribution in [2.45, 2.75) is 37.7 Å². The van der Waals surface area contributed by atoms with Crippen LogP contribution in [0.15, 0.2) is 36.9 Å². The highest BCUT2D eigenvalue weighted by Crippen LogP contribution is 2.38. The van der Waals surface area contributed by atoms with Gasteiger partial charge in [0.2, 0.25) is 0 Å². The van der Waals surface area contributed by atoms with E-state index in [1.807, 2.05) is 12.1 Å². The molecule has 1 aromatic carbocycles. The number of hydrogen-bond acceptors (Lipinski definition) is 1. The largest absolute Gasteiger partial charge is 0.385 e. The summed E-state index contributed by atoms with van der Waals surface area (Å²) in [5.74, 6) is 0. The first kappa shape index (κ1) is 10.4. The van der Waals surface area contributed by atoms with Crippen molar-refractivity contribution < 1.29 is 5.11 Å². The summed E-state index contributed by atoms with van der Waals surface area (Å²) in [7, 11) is 0. The van der Waals surface area contributed by atoms with Gasteiger partial charge in [-0.15, -0.1) is 6.58 Å². The van der Waals surface area contributed by atoms with Crippen LogP contribution in [-0.4, -0.2) is 5.11 Å². The molecular weight excluding hydrogens is 184 g/mol. The number of aryl methyl sites for hydroxylation is 1. The van der Waals surface area contributed by atoms with E-state index in [9.17, 15) is 5.11 Å². The minimum absolute atomic E-state index is 0.608. The summed E-state index contributed by atoms with van der Waals surface area (Å²) in [6.45, 7) is 3.72. The Bertz CT molecular complexity index is 356. The Labute approximate surface area is 91.4 Å². The summed E-state index contributed by atoms with van der Waals surface area (Å²) in [5, 5.41) is 10.6. The van der Waals surface area contributed by atoms with Crippen molar-refractivity contribution in [3.05, 3.63) is 48.0 Å². The molecule has 0 fully saturated rings. The lowest BCUT2D eigenvalue weighted by atomic mass is 9.77. The van der Waals surface area contributed by atoms with E-state index in [4.69, 9.17) is 0 Å². The molecule has 0 spiro atoms. The molecule has 1 nitrogen and oxygen atoms in total. The lowest BCUT2D eigenvalue weighted by molar-refractivity contribution is 0.0110. The van der Waals surface area contributed by atoms with Gasteiger partial charge < -0.3 is 5.11 Å². The Morgan fingerprint density at radius 1 is 1.40 bits per heavy atom. The Balaban J connectivity index is 2.31. The van der Waals surface area contributed by atoms with Gasteiger partial charge >= 0.3 is 0 Å². The maximum Gasteiger partial charge on any atom is 0.0902 e. The number of fused-ring (bicyclic) bond motifs is 1. The van der Waals surface area contributed by atoms with Crippen LogP contribution in [0.2, 0.25) is 0 Å². The number of rotatable bonds is 3. The average Bonchev–Trinajstić information content (AvgIpc) is 2.27. The van der Waals surface area contributed by atoms with Crippen molar-refractivity contribution in [2.75, 3.05) is 0 Å². The molecule has 0 heterocycles. The predicted molar refractivity (Wildman–Crippen MR) is 62.7 cm³/mol. The SMILES string of the molecule is C=CCCC1(O)CCCc2ccccc21. The van der Waals surface area contributed by atoms with Gasteiger partial charge in [0.15, 0.2) is 0 Å². The van der Waals surface area contributed by atoms with Crippen LogP contribution < -0.4 is 0 Å². The molecule has 1 N–H and O–H groups in total. The second-order valence-electron chi connectivity index (χ2n) is 4.37. The predicted octanol–water partition coefficient (Wildman–Crippen LogP) is 3.18. The maximum absolute atomic E-state index is 10.6. The van der Waals surface area contributed by atoms with Gasteiger partial charge in [-0.25, -0.2) is 0 Å². The third kappa shape index (κ3) is 1.98. The molecule has 0 amide bonds. The zero-order valence-electron chi connectivity index (χ0n) is 9.08. The number of hydrogen-bond donors (Lipinski definition) is 1. The highest BCUT2D eigenvalue weighted by Gasteiger charge is 2.32. The van der Waals surface area contributed by atoms with Crippen molar-refractivity contribution in [1.29, 1.82) is 0 Å². The fourth-order valence-corrected chi connectivity index (χ4v) is 2.50. The zero-order chi connectivity index (χ0) is 10.7. The highest BCUT2D eigenvalue weighted by atomic mass is 16.3. The molecule has 0 saturated heterocycles. The molecule has 1 aromatic rings. The molecule has 1 aliphatic rings. The van der Waals surface area contributed by atoms with E-state index < -0.39 is 5.60 Å². The lowest BCUT2D eigenvalue weighted by Crippen LogP contribution is -2.30. The molecule has 80 valence electrons. The number of aliphatic hydroxyl groups is 1. The molecule has 15 heavy (non-hydrogen) atoms. The Kier molecular flexibility index (Phi) is 2.92. The van der Waals surface area contributed by atoms with Crippen molar-refractivity contribution in [3.8, 4) is 0 Å². The number of allylic oxidation sites excluding steroid dienone is 1. The molecule has 1 aliphatic carbocycles. The van der Waals surface area contributed by atoms with E-state index >= 15 is 0 Å². The van der Waals surface area contributed by atoms with Gasteiger partial charge in [-0.3, -0.25) is 0 Å². The topological polar surface area (TPSA) is 20.2 Å². The molecule has 1 atom stereocenters. The van der Waals surface area contributed by atoms with Gasteiger partial charge in [0.1, 0.15) is 0 Å². The zero-order valence-corrected chi connectivity index (χ0v) is 9.08. The molecule has 0 saturated carbocycles. The van der Waals surface area contributed by atoms with E-state index in [0.29, 0.717) is 0 Å². The van der Waals surface area contributed by atoms with Gasteiger partial charge in [0.25, 0.3) is 0 Å². The van der Waals surface area contributed by atoms with E-state index in [1.165, 1.54) is 5.56 Å². The second-order valence-corrected chi connectivity index (χ2v) is 4.37. The van der Waals surface area contributed by atoms with Crippen LogP contribution in [0.4, 0.5) is 0 Å². The van der Waals surface area contributed by atoms with E-state index in [0.717, 1.165) is 37.7 Å². The molecule has 0 aromatic heterocycles.